The number of para-hydroxylation sites is 2. The summed E-state index contributed by atoms with van der Waals surface area (Å²) in [5.74, 6) is 0.787. The van der Waals surface area contributed by atoms with Crippen LogP contribution in [0.15, 0.2) is 109 Å². The van der Waals surface area contributed by atoms with Crippen molar-refractivity contribution >= 4 is 46.6 Å². The summed E-state index contributed by atoms with van der Waals surface area (Å²) in [6.07, 6.45) is 1.56. The average molecular weight is 621 g/mol. The first kappa shape index (κ1) is 31.5. The molecular formula is C37H36N2O5S. The minimum Gasteiger partial charge on any atom is -0.490 e. The van der Waals surface area contributed by atoms with Crippen LogP contribution in [-0.4, -0.2) is 36.7 Å². The molecule has 0 aliphatic carbocycles. The minimum absolute atomic E-state index is 0.0293. The van der Waals surface area contributed by atoms with Gasteiger partial charge in [0.2, 0.25) is 0 Å². The lowest BCUT2D eigenvalue weighted by Gasteiger charge is -2.36. The molecule has 1 heterocycles. The van der Waals surface area contributed by atoms with Gasteiger partial charge >= 0.3 is 0 Å². The van der Waals surface area contributed by atoms with Gasteiger partial charge in [0.15, 0.2) is 16.6 Å². The quantitative estimate of drug-likeness (QED) is 0.0788. The van der Waals surface area contributed by atoms with Crippen LogP contribution in [0, 0.1) is 0 Å². The zero-order valence-electron chi connectivity index (χ0n) is 25.9. The summed E-state index contributed by atoms with van der Waals surface area (Å²) in [6.45, 7) is 9.45. The molecule has 45 heavy (non-hydrogen) atoms. The summed E-state index contributed by atoms with van der Waals surface area (Å²) in [5, 5.41) is 0.0886. The molecule has 230 valence electrons. The highest BCUT2D eigenvalue weighted by Crippen LogP contribution is 2.33. The van der Waals surface area contributed by atoms with Crippen LogP contribution in [0.3, 0.4) is 0 Å². The van der Waals surface area contributed by atoms with E-state index in [-0.39, 0.29) is 16.1 Å². The molecule has 0 aromatic heterocycles. The highest BCUT2D eigenvalue weighted by atomic mass is 32.1. The van der Waals surface area contributed by atoms with Crippen molar-refractivity contribution in [1.29, 1.82) is 0 Å². The van der Waals surface area contributed by atoms with E-state index >= 15 is 0 Å². The minimum atomic E-state index is -0.505. The number of rotatable bonds is 10. The largest absolute Gasteiger partial charge is 0.490 e. The Labute approximate surface area is 269 Å². The Balaban J connectivity index is 1.37. The lowest BCUT2D eigenvalue weighted by molar-refractivity contribution is -0.120. The van der Waals surface area contributed by atoms with Crippen LogP contribution < -0.4 is 24.0 Å². The molecule has 1 fully saturated rings. The number of carbonyl (C=O) groups is 2. The fourth-order valence-corrected chi connectivity index (χ4v) is 5.25. The van der Waals surface area contributed by atoms with Crippen molar-refractivity contribution in [2.75, 3.05) is 29.6 Å². The standard InChI is InChI=1S/C37H36N2O5S/c1-5-42-33-25-26(16-21-32(33)44-23-22-43-30-19-17-27(18-20-30)37(2,3)4)24-31-34(40)38(28-12-8-6-9-13-28)36(45)39(35(31)41)29-14-10-7-11-15-29/h6-21,24-25H,5,22-23H2,1-4H3. The van der Waals surface area contributed by atoms with Crippen molar-refractivity contribution in [3.8, 4) is 17.2 Å². The molecule has 8 heteroatoms. The monoisotopic (exact) mass is 620 g/mol. The van der Waals surface area contributed by atoms with Crippen LogP contribution in [0.1, 0.15) is 38.8 Å². The number of anilines is 2. The second-order valence-corrected chi connectivity index (χ2v) is 11.8. The second-order valence-electron chi connectivity index (χ2n) is 11.4. The van der Waals surface area contributed by atoms with Gasteiger partial charge in [-0.3, -0.25) is 19.4 Å². The molecular weight excluding hydrogens is 584 g/mol. The highest BCUT2D eigenvalue weighted by molar-refractivity contribution is 7.81. The predicted octanol–water partition coefficient (Wildman–Crippen LogP) is 7.59. The molecule has 1 saturated heterocycles. The van der Waals surface area contributed by atoms with E-state index in [1.165, 1.54) is 15.4 Å². The van der Waals surface area contributed by atoms with Crippen LogP contribution in [0.5, 0.6) is 17.2 Å². The number of ether oxygens (including phenoxy) is 3. The molecule has 0 N–H and O–H groups in total. The van der Waals surface area contributed by atoms with Crippen molar-refractivity contribution in [3.63, 3.8) is 0 Å². The van der Waals surface area contributed by atoms with E-state index in [1.807, 2.05) is 55.5 Å². The molecule has 0 bridgehead atoms. The van der Waals surface area contributed by atoms with Crippen molar-refractivity contribution in [2.24, 2.45) is 0 Å². The van der Waals surface area contributed by atoms with E-state index in [1.54, 1.807) is 48.5 Å². The first-order chi connectivity index (χ1) is 21.7. The number of benzene rings is 4. The lowest BCUT2D eigenvalue weighted by atomic mass is 9.87. The fourth-order valence-electron chi connectivity index (χ4n) is 4.87. The summed E-state index contributed by atoms with van der Waals surface area (Å²) in [6, 6.07) is 31.5. The SMILES string of the molecule is CCOc1cc(C=C2C(=O)N(c3ccccc3)C(=S)N(c3ccccc3)C2=O)ccc1OCCOc1ccc(C(C)(C)C)cc1. The molecule has 4 aromatic carbocycles. The Morgan fingerprint density at radius 2 is 1.24 bits per heavy atom. The van der Waals surface area contributed by atoms with Gasteiger partial charge in [0, 0.05) is 0 Å². The third kappa shape index (κ3) is 7.24. The first-order valence-corrected chi connectivity index (χ1v) is 15.3. The topological polar surface area (TPSA) is 68.3 Å². The number of amides is 2. The van der Waals surface area contributed by atoms with E-state index in [0.29, 0.717) is 48.3 Å². The predicted molar refractivity (Wildman–Crippen MR) is 182 cm³/mol. The number of nitrogens with zero attached hydrogens (tertiary/aromatic N) is 2. The lowest BCUT2D eigenvalue weighted by Crippen LogP contribution is -2.56. The molecule has 0 spiro atoms. The maximum Gasteiger partial charge on any atom is 0.270 e. The van der Waals surface area contributed by atoms with Gasteiger partial charge in [0.25, 0.3) is 11.8 Å². The molecule has 7 nitrogen and oxygen atoms in total. The van der Waals surface area contributed by atoms with Crippen LogP contribution in [-0.2, 0) is 15.0 Å². The van der Waals surface area contributed by atoms with Gasteiger partial charge in [-0.1, -0.05) is 75.4 Å². The third-order valence-corrected chi connectivity index (χ3v) is 7.55. The van der Waals surface area contributed by atoms with Crippen LogP contribution in [0.25, 0.3) is 6.08 Å². The Bertz CT molecular complexity index is 1630. The molecule has 0 radical (unpaired) electrons. The summed E-state index contributed by atoms with van der Waals surface area (Å²) >= 11 is 5.69. The smallest absolute Gasteiger partial charge is 0.270 e. The third-order valence-electron chi connectivity index (χ3n) is 7.19. The van der Waals surface area contributed by atoms with E-state index in [0.717, 1.165) is 5.75 Å². The summed E-state index contributed by atoms with van der Waals surface area (Å²) in [4.78, 5) is 30.4. The second kappa shape index (κ2) is 13.8. The molecule has 1 aliphatic rings. The van der Waals surface area contributed by atoms with Crippen LogP contribution in [0.4, 0.5) is 11.4 Å². The van der Waals surface area contributed by atoms with Gasteiger partial charge in [0.1, 0.15) is 24.5 Å². The maximum absolute atomic E-state index is 13.8. The Morgan fingerprint density at radius 1 is 0.689 bits per heavy atom. The van der Waals surface area contributed by atoms with Crippen LogP contribution in [0.2, 0.25) is 0 Å². The van der Waals surface area contributed by atoms with E-state index in [4.69, 9.17) is 26.4 Å². The average Bonchev–Trinajstić information content (AvgIpc) is 3.03. The van der Waals surface area contributed by atoms with Crippen molar-refractivity contribution in [2.45, 2.75) is 33.1 Å². The van der Waals surface area contributed by atoms with Crippen molar-refractivity contribution < 1.29 is 23.8 Å². The number of hydrogen-bond donors (Lipinski definition) is 0. The molecule has 1 aliphatic heterocycles. The zero-order valence-corrected chi connectivity index (χ0v) is 26.7. The van der Waals surface area contributed by atoms with Gasteiger partial charge < -0.3 is 14.2 Å². The van der Waals surface area contributed by atoms with Crippen LogP contribution >= 0.6 is 12.2 Å². The Kier molecular flexibility index (Phi) is 9.64. The van der Waals surface area contributed by atoms with Crippen molar-refractivity contribution in [1.82, 2.24) is 0 Å². The molecule has 0 unspecified atom stereocenters. The Hall–Kier alpha value is -4.95. The molecule has 0 atom stereocenters. The normalized spacial score (nSPS) is 13.6. The van der Waals surface area contributed by atoms with Gasteiger partial charge in [0.05, 0.1) is 18.0 Å². The summed E-state index contributed by atoms with van der Waals surface area (Å²) in [7, 11) is 0. The van der Waals surface area contributed by atoms with Gasteiger partial charge in [-0.25, -0.2) is 0 Å². The number of carbonyl (C=O) groups excluding carboxylic acids is 2. The summed E-state index contributed by atoms with van der Waals surface area (Å²) < 4.78 is 17.7. The van der Waals surface area contributed by atoms with Gasteiger partial charge in [-0.2, -0.15) is 0 Å². The van der Waals surface area contributed by atoms with Gasteiger partial charge in [-0.05, 0) is 90.3 Å². The van der Waals surface area contributed by atoms with E-state index in [9.17, 15) is 9.59 Å². The van der Waals surface area contributed by atoms with E-state index in [2.05, 4.69) is 32.9 Å². The first-order valence-electron chi connectivity index (χ1n) is 14.8. The fraction of sp³-hybridized carbons (Fsp3) is 0.216. The molecule has 4 aromatic rings. The van der Waals surface area contributed by atoms with Crippen molar-refractivity contribution in [3.05, 3.63) is 120 Å². The maximum atomic E-state index is 13.8. The number of hydrogen-bond acceptors (Lipinski definition) is 6. The molecule has 0 saturated carbocycles. The molecule has 2 amide bonds. The zero-order chi connectivity index (χ0) is 32.0. The van der Waals surface area contributed by atoms with Gasteiger partial charge in [-0.15, -0.1) is 0 Å². The summed E-state index contributed by atoms with van der Waals surface area (Å²) in [5.41, 5.74) is 3.02. The highest BCUT2D eigenvalue weighted by Gasteiger charge is 2.41. The van der Waals surface area contributed by atoms with E-state index < -0.39 is 11.8 Å². The number of thiocarbonyl (C=S) groups is 1. The molecule has 5 rings (SSSR count). The Morgan fingerprint density at radius 3 is 1.78 bits per heavy atom.